The van der Waals surface area contributed by atoms with E-state index in [9.17, 15) is 14.8 Å². The van der Waals surface area contributed by atoms with Crippen LogP contribution in [0.15, 0.2) is 30.5 Å². The number of carboxylic acid groups (broad SMARTS) is 1. The van der Waals surface area contributed by atoms with Crippen molar-refractivity contribution in [3.8, 4) is 0 Å². The number of carboxylic acids is 1. The summed E-state index contributed by atoms with van der Waals surface area (Å²) in [6.07, 6.45) is 1.49. The van der Waals surface area contributed by atoms with Crippen molar-refractivity contribution in [2.75, 3.05) is 0 Å². The second kappa shape index (κ2) is 5.85. The maximum absolute atomic E-state index is 10.8. The number of hydrogen-bond acceptors (Lipinski definition) is 5. The number of rotatable bonds is 5. The molecule has 0 saturated heterocycles. The monoisotopic (exact) mass is 275 g/mol. The lowest BCUT2D eigenvalue weighted by molar-refractivity contribution is 0.0690. The topological polar surface area (TPSA) is 108 Å². The molecule has 1 aromatic heterocycles. The molecular weight excluding hydrogens is 261 g/mol. The fraction of sp³-hybridized carbons (Fsp3) is 0.250. The first kappa shape index (κ1) is 14.2. The van der Waals surface area contributed by atoms with Crippen molar-refractivity contribution in [2.24, 2.45) is 0 Å². The molecule has 104 valence electrons. The van der Waals surface area contributed by atoms with Crippen molar-refractivity contribution < 1.29 is 19.9 Å². The summed E-state index contributed by atoms with van der Waals surface area (Å²) in [5, 5.41) is 34.8. The Balaban J connectivity index is 2.24. The van der Waals surface area contributed by atoms with Crippen molar-refractivity contribution in [2.45, 2.75) is 19.3 Å². The van der Waals surface area contributed by atoms with Crippen LogP contribution >= 0.6 is 0 Å². The smallest absolute Gasteiger partial charge is 0.476 e. The SMILES string of the molecule is Cc1cccc(CC(B(O)O)n2cc(C(=O)O)nn2)c1. The molecule has 1 aromatic carbocycles. The van der Waals surface area contributed by atoms with E-state index < -0.39 is 19.0 Å². The number of aryl methyl sites for hydroxylation is 1. The van der Waals surface area contributed by atoms with E-state index in [1.165, 1.54) is 6.20 Å². The fourth-order valence-electron chi connectivity index (χ4n) is 1.95. The molecule has 0 aliphatic carbocycles. The third-order valence-corrected chi connectivity index (χ3v) is 2.94. The molecule has 2 aromatic rings. The lowest BCUT2D eigenvalue weighted by atomic mass is 9.76. The Kier molecular flexibility index (Phi) is 4.16. The van der Waals surface area contributed by atoms with Crippen molar-refractivity contribution in [1.29, 1.82) is 0 Å². The predicted octanol–water partition coefficient (Wildman–Crippen LogP) is 0.0805. The van der Waals surface area contributed by atoms with Crippen molar-refractivity contribution >= 4 is 13.1 Å². The molecule has 7 nitrogen and oxygen atoms in total. The molecule has 0 saturated carbocycles. The van der Waals surface area contributed by atoms with Gasteiger partial charge in [-0.1, -0.05) is 35.0 Å². The Bertz CT molecular complexity index is 614. The van der Waals surface area contributed by atoms with Crippen LogP contribution in [0.2, 0.25) is 0 Å². The second-order valence-electron chi connectivity index (χ2n) is 4.56. The molecule has 1 atom stereocenters. The first-order valence-corrected chi connectivity index (χ1v) is 6.04. The summed E-state index contributed by atoms with van der Waals surface area (Å²) in [5.41, 5.74) is 1.72. The summed E-state index contributed by atoms with van der Waals surface area (Å²) in [6.45, 7) is 1.94. The van der Waals surface area contributed by atoms with E-state index >= 15 is 0 Å². The lowest BCUT2D eigenvalue weighted by Crippen LogP contribution is -2.31. The van der Waals surface area contributed by atoms with Gasteiger partial charge in [0.1, 0.15) is 0 Å². The van der Waals surface area contributed by atoms with Crippen LogP contribution in [0.1, 0.15) is 27.6 Å². The predicted molar refractivity (Wildman–Crippen MR) is 71.1 cm³/mol. The average Bonchev–Trinajstić information content (AvgIpc) is 2.85. The Morgan fingerprint density at radius 3 is 2.75 bits per heavy atom. The van der Waals surface area contributed by atoms with Gasteiger partial charge in [-0.25, -0.2) is 4.79 Å². The third-order valence-electron chi connectivity index (χ3n) is 2.94. The molecule has 1 unspecified atom stereocenters. The average molecular weight is 275 g/mol. The van der Waals surface area contributed by atoms with Crippen LogP contribution in [-0.4, -0.2) is 43.2 Å². The number of aromatic nitrogens is 3. The second-order valence-corrected chi connectivity index (χ2v) is 4.56. The van der Waals surface area contributed by atoms with Crippen molar-refractivity contribution in [1.82, 2.24) is 15.0 Å². The van der Waals surface area contributed by atoms with Gasteiger partial charge < -0.3 is 15.2 Å². The molecule has 0 aliphatic rings. The van der Waals surface area contributed by atoms with Gasteiger partial charge in [-0.05, 0) is 18.9 Å². The van der Waals surface area contributed by atoms with Gasteiger partial charge in [-0.15, -0.1) is 5.10 Å². The number of carbonyl (C=O) groups is 1. The molecular formula is C12H14BN3O4. The van der Waals surface area contributed by atoms with Gasteiger partial charge in [0.2, 0.25) is 0 Å². The molecule has 0 bridgehead atoms. The van der Waals surface area contributed by atoms with Crippen LogP contribution < -0.4 is 0 Å². The molecule has 1 heterocycles. The van der Waals surface area contributed by atoms with E-state index in [4.69, 9.17) is 5.11 Å². The van der Waals surface area contributed by atoms with Gasteiger partial charge in [0, 0.05) is 0 Å². The van der Waals surface area contributed by atoms with Crippen molar-refractivity contribution in [3.63, 3.8) is 0 Å². The van der Waals surface area contributed by atoms with Crippen LogP contribution in [0.25, 0.3) is 0 Å². The summed E-state index contributed by atoms with van der Waals surface area (Å²) in [6, 6.07) is 7.59. The summed E-state index contributed by atoms with van der Waals surface area (Å²) >= 11 is 0. The zero-order chi connectivity index (χ0) is 14.7. The minimum Gasteiger partial charge on any atom is -0.476 e. The summed E-state index contributed by atoms with van der Waals surface area (Å²) < 4.78 is 1.16. The highest BCUT2D eigenvalue weighted by molar-refractivity contribution is 6.42. The summed E-state index contributed by atoms with van der Waals surface area (Å²) in [5.74, 6) is -2.00. The highest BCUT2D eigenvalue weighted by Gasteiger charge is 2.27. The molecule has 0 aliphatic heterocycles. The molecule has 0 amide bonds. The number of hydrogen-bond donors (Lipinski definition) is 3. The van der Waals surface area contributed by atoms with Gasteiger partial charge in [0.05, 0.1) is 12.1 Å². The van der Waals surface area contributed by atoms with Gasteiger partial charge in [-0.2, -0.15) is 0 Å². The first-order valence-electron chi connectivity index (χ1n) is 6.04. The molecule has 2 rings (SSSR count). The van der Waals surface area contributed by atoms with Crippen LogP contribution in [-0.2, 0) is 6.42 Å². The Morgan fingerprint density at radius 1 is 1.45 bits per heavy atom. The minimum atomic E-state index is -1.67. The minimum absolute atomic E-state index is 0.236. The lowest BCUT2D eigenvalue weighted by Gasteiger charge is -2.15. The van der Waals surface area contributed by atoms with E-state index in [1.54, 1.807) is 0 Å². The Hall–Kier alpha value is -2.19. The molecule has 8 heteroatoms. The first-order chi connectivity index (χ1) is 9.47. The standard InChI is InChI=1S/C12H14BN3O4/c1-8-3-2-4-9(5-8)6-11(13(19)20)16-7-10(12(17)18)14-15-16/h2-5,7,11,19-20H,6H2,1H3,(H,17,18). The molecule has 20 heavy (non-hydrogen) atoms. The molecule has 0 radical (unpaired) electrons. The van der Waals surface area contributed by atoms with Crippen LogP contribution in [0.4, 0.5) is 0 Å². The van der Waals surface area contributed by atoms with E-state index in [1.807, 2.05) is 31.2 Å². The van der Waals surface area contributed by atoms with Crippen LogP contribution in [0.3, 0.4) is 0 Å². The van der Waals surface area contributed by atoms with E-state index in [0.29, 0.717) is 6.42 Å². The maximum atomic E-state index is 10.8. The maximum Gasteiger partial charge on any atom is 0.478 e. The van der Waals surface area contributed by atoms with Gasteiger partial charge in [-0.3, -0.25) is 4.68 Å². The quantitative estimate of drug-likeness (QED) is 0.667. The van der Waals surface area contributed by atoms with Crippen molar-refractivity contribution in [3.05, 3.63) is 47.3 Å². The zero-order valence-corrected chi connectivity index (χ0v) is 10.8. The largest absolute Gasteiger partial charge is 0.478 e. The summed E-state index contributed by atoms with van der Waals surface area (Å²) in [7, 11) is -1.67. The highest BCUT2D eigenvalue weighted by atomic mass is 16.4. The van der Waals surface area contributed by atoms with E-state index in [-0.39, 0.29) is 5.69 Å². The zero-order valence-electron chi connectivity index (χ0n) is 10.8. The van der Waals surface area contributed by atoms with E-state index in [0.717, 1.165) is 15.8 Å². The Morgan fingerprint density at radius 2 is 2.20 bits per heavy atom. The highest BCUT2D eigenvalue weighted by Crippen LogP contribution is 2.16. The molecule has 0 fully saturated rings. The normalized spacial score (nSPS) is 12.2. The van der Waals surface area contributed by atoms with Gasteiger partial charge in [0.15, 0.2) is 5.69 Å². The van der Waals surface area contributed by atoms with E-state index in [2.05, 4.69) is 10.3 Å². The third kappa shape index (κ3) is 3.22. The number of aromatic carboxylic acids is 1. The van der Waals surface area contributed by atoms with Gasteiger partial charge >= 0.3 is 13.1 Å². The molecule has 3 N–H and O–H groups in total. The fourth-order valence-corrected chi connectivity index (χ4v) is 1.95. The molecule has 0 spiro atoms. The number of benzene rings is 1. The van der Waals surface area contributed by atoms with Gasteiger partial charge in [0.25, 0.3) is 0 Å². The Labute approximate surface area is 115 Å². The number of nitrogens with zero attached hydrogens (tertiary/aromatic N) is 3. The van der Waals surface area contributed by atoms with Crippen LogP contribution in [0.5, 0.6) is 0 Å². The van der Waals surface area contributed by atoms with Crippen LogP contribution in [0, 0.1) is 6.92 Å². The summed E-state index contributed by atoms with van der Waals surface area (Å²) in [4.78, 5) is 10.8.